The molecule has 2 rings (SSSR count). The minimum absolute atomic E-state index is 0.117. The molecular weight excluding hydrogens is 220 g/mol. The molecule has 0 fully saturated rings. The first-order valence-corrected chi connectivity index (χ1v) is 6.32. The Morgan fingerprint density at radius 3 is 2.22 bits per heavy atom. The molecule has 0 saturated carbocycles. The van der Waals surface area contributed by atoms with Gasteiger partial charge in [0.15, 0.2) is 5.78 Å². The summed E-state index contributed by atoms with van der Waals surface area (Å²) in [6.45, 7) is 5.81. The summed E-state index contributed by atoms with van der Waals surface area (Å²) < 4.78 is 0. The molecule has 0 aromatic heterocycles. The molecule has 0 saturated heterocycles. The Kier molecular flexibility index (Phi) is 3.61. The average molecular weight is 238 g/mol. The van der Waals surface area contributed by atoms with E-state index in [9.17, 15) is 4.79 Å². The first-order valence-electron chi connectivity index (χ1n) is 6.32. The molecule has 0 spiro atoms. The number of hydrogen-bond acceptors (Lipinski definition) is 1. The normalized spacial score (nSPS) is 10.4. The maximum atomic E-state index is 11.3. The van der Waals surface area contributed by atoms with Crippen LogP contribution in [-0.4, -0.2) is 5.78 Å². The highest BCUT2D eigenvalue weighted by molar-refractivity contribution is 5.95. The van der Waals surface area contributed by atoms with Gasteiger partial charge in [-0.3, -0.25) is 4.79 Å². The first kappa shape index (κ1) is 12.6. The van der Waals surface area contributed by atoms with Crippen LogP contribution in [0.4, 0.5) is 0 Å². The van der Waals surface area contributed by atoms with Gasteiger partial charge in [0.2, 0.25) is 0 Å². The van der Waals surface area contributed by atoms with E-state index >= 15 is 0 Å². The third-order valence-corrected chi connectivity index (χ3v) is 3.31. The molecule has 18 heavy (non-hydrogen) atoms. The number of hydrogen-bond donors (Lipinski definition) is 0. The zero-order valence-electron chi connectivity index (χ0n) is 11.2. The third-order valence-electron chi connectivity index (χ3n) is 3.31. The van der Waals surface area contributed by atoms with E-state index in [1.54, 1.807) is 6.92 Å². The molecule has 0 unspecified atom stereocenters. The predicted octanol–water partition coefficient (Wildman–Crippen LogP) is 4.43. The lowest BCUT2D eigenvalue weighted by Crippen LogP contribution is -1.94. The predicted molar refractivity (Wildman–Crippen MR) is 76.0 cm³/mol. The highest BCUT2D eigenvalue weighted by atomic mass is 16.1. The first-order chi connectivity index (χ1) is 8.61. The van der Waals surface area contributed by atoms with Crippen LogP contribution in [0.25, 0.3) is 11.1 Å². The van der Waals surface area contributed by atoms with Crippen molar-refractivity contribution in [1.29, 1.82) is 0 Å². The van der Waals surface area contributed by atoms with Crippen LogP contribution in [0.15, 0.2) is 42.5 Å². The van der Waals surface area contributed by atoms with Crippen LogP contribution in [0.2, 0.25) is 0 Å². The number of aryl methyl sites for hydroxylation is 2. The smallest absolute Gasteiger partial charge is 0.159 e. The van der Waals surface area contributed by atoms with Crippen LogP contribution < -0.4 is 0 Å². The van der Waals surface area contributed by atoms with Gasteiger partial charge in [-0.05, 0) is 48.6 Å². The topological polar surface area (TPSA) is 17.1 Å². The number of carbonyl (C=O) groups excluding carboxylic acids is 1. The van der Waals surface area contributed by atoms with E-state index in [0.717, 1.165) is 17.5 Å². The molecule has 0 heterocycles. The van der Waals surface area contributed by atoms with Crippen LogP contribution in [0.5, 0.6) is 0 Å². The van der Waals surface area contributed by atoms with Gasteiger partial charge in [-0.1, -0.05) is 43.3 Å². The van der Waals surface area contributed by atoms with Gasteiger partial charge in [-0.25, -0.2) is 0 Å². The minimum Gasteiger partial charge on any atom is -0.295 e. The summed E-state index contributed by atoms with van der Waals surface area (Å²) in [6, 6.07) is 14.5. The Labute approximate surface area is 108 Å². The number of ketones is 1. The molecule has 0 bridgehead atoms. The fourth-order valence-corrected chi connectivity index (χ4v) is 2.13. The zero-order chi connectivity index (χ0) is 13.1. The Hall–Kier alpha value is -1.89. The second-order valence-electron chi connectivity index (χ2n) is 4.64. The Balaban J connectivity index is 2.41. The van der Waals surface area contributed by atoms with Gasteiger partial charge in [-0.15, -0.1) is 0 Å². The van der Waals surface area contributed by atoms with Gasteiger partial charge in [0, 0.05) is 5.56 Å². The number of rotatable bonds is 3. The standard InChI is InChI=1S/C17H18O/c1-4-14-5-7-15(8-6-14)17-10-9-16(13(3)18)11-12(17)2/h5-11H,4H2,1-3H3. The van der Waals surface area contributed by atoms with Crippen LogP contribution in [0.1, 0.15) is 35.3 Å². The fraction of sp³-hybridized carbons (Fsp3) is 0.235. The molecule has 0 amide bonds. The lowest BCUT2D eigenvalue weighted by molar-refractivity contribution is 0.101. The van der Waals surface area contributed by atoms with Crippen LogP contribution in [0, 0.1) is 6.92 Å². The van der Waals surface area contributed by atoms with Crippen molar-refractivity contribution in [1.82, 2.24) is 0 Å². The fourth-order valence-electron chi connectivity index (χ4n) is 2.13. The molecule has 1 nitrogen and oxygen atoms in total. The van der Waals surface area contributed by atoms with E-state index in [1.165, 1.54) is 16.7 Å². The molecule has 0 atom stereocenters. The summed E-state index contributed by atoms with van der Waals surface area (Å²) in [7, 11) is 0. The summed E-state index contributed by atoms with van der Waals surface area (Å²) in [6.07, 6.45) is 1.06. The van der Waals surface area contributed by atoms with E-state index in [1.807, 2.05) is 18.2 Å². The van der Waals surface area contributed by atoms with Gasteiger partial charge in [0.05, 0.1) is 0 Å². The van der Waals surface area contributed by atoms with Crippen molar-refractivity contribution >= 4 is 5.78 Å². The molecule has 92 valence electrons. The molecule has 0 radical (unpaired) electrons. The van der Waals surface area contributed by atoms with Crippen molar-refractivity contribution in [3.05, 3.63) is 59.2 Å². The molecule has 2 aromatic carbocycles. The molecule has 0 aliphatic heterocycles. The second kappa shape index (κ2) is 5.18. The van der Waals surface area contributed by atoms with Crippen molar-refractivity contribution in [2.75, 3.05) is 0 Å². The largest absolute Gasteiger partial charge is 0.295 e. The molecule has 0 aliphatic carbocycles. The number of carbonyl (C=O) groups is 1. The van der Waals surface area contributed by atoms with Gasteiger partial charge in [0.25, 0.3) is 0 Å². The van der Waals surface area contributed by atoms with Crippen molar-refractivity contribution in [2.45, 2.75) is 27.2 Å². The SMILES string of the molecule is CCc1ccc(-c2ccc(C(C)=O)cc2C)cc1. The molecule has 2 aromatic rings. The van der Waals surface area contributed by atoms with E-state index in [2.05, 4.69) is 38.1 Å². The highest BCUT2D eigenvalue weighted by Gasteiger charge is 2.05. The Morgan fingerprint density at radius 2 is 1.72 bits per heavy atom. The Bertz CT molecular complexity index is 565. The average Bonchev–Trinajstić information content (AvgIpc) is 2.38. The van der Waals surface area contributed by atoms with E-state index in [0.29, 0.717) is 0 Å². The van der Waals surface area contributed by atoms with Crippen LogP contribution >= 0.6 is 0 Å². The summed E-state index contributed by atoms with van der Waals surface area (Å²) in [5.74, 6) is 0.117. The highest BCUT2D eigenvalue weighted by Crippen LogP contribution is 2.24. The maximum Gasteiger partial charge on any atom is 0.159 e. The van der Waals surface area contributed by atoms with E-state index in [-0.39, 0.29) is 5.78 Å². The minimum atomic E-state index is 0.117. The molecule has 0 aliphatic rings. The summed E-state index contributed by atoms with van der Waals surface area (Å²) in [5.41, 5.74) is 5.67. The maximum absolute atomic E-state index is 11.3. The summed E-state index contributed by atoms with van der Waals surface area (Å²) in [5, 5.41) is 0. The third kappa shape index (κ3) is 2.51. The number of Topliss-reactive ketones (excluding diaryl/α,β-unsaturated/α-hetero) is 1. The lowest BCUT2D eigenvalue weighted by atomic mass is 9.96. The summed E-state index contributed by atoms with van der Waals surface area (Å²) in [4.78, 5) is 11.3. The van der Waals surface area contributed by atoms with Crippen LogP contribution in [-0.2, 0) is 6.42 Å². The van der Waals surface area contributed by atoms with Crippen molar-refractivity contribution in [2.24, 2.45) is 0 Å². The van der Waals surface area contributed by atoms with Crippen molar-refractivity contribution in [3.8, 4) is 11.1 Å². The van der Waals surface area contributed by atoms with E-state index < -0.39 is 0 Å². The molecule has 1 heteroatoms. The molecule has 0 N–H and O–H groups in total. The number of benzene rings is 2. The quantitative estimate of drug-likeness (QED) is 0.723. The lowest BCUT2D eigenvalue weighted by Gasteiger charge is -2.08. The molecular formula is C17H18O. The summed E-state index contributed by atoms with van der Waals surface area (Å²) >= 11 is 0. The van der Waals surface area contributed by atoms with Crippen molar-refractivity contribution in [3.63, 3.8) is 0 Å². The van der Waals surface area contributed by atoms with Gasteiger partial charge < -0.3 is 0 Å². The van der Waals surface area contributed by atoms with Gasteiger partial charge in [0.1, 0.15) is 0 Å². The van der Waals surface area contributed by atoms with Gasteiger partial charge in [-0.2, -0.15) is 0 Å². The van der Waals surface area contributed by atoms with Crippen molar-refractivity contribution < 1.29 is 4.79 Å². The van der Waals surface area contributed by atoms with E-state index in [4.69, 9.17) is 0 Å². The second-order valence-corrected chi connectivity index (χ2v) is 4.64. The zero-order valence-corrected chi connectivity index (χ0v) is 11.2. The van der Waals surface area contributed by atoms with Gasteiger partial charge >= 0.3 is 0 Å². The monoisotopic (exact) mass is 238 g/mol. The Morgan fingerprint density at radius 1 is 1.06 bits per heavy atom. The van der Waals surface area contributed by atoms with Crippen LogP contribution in [0.3, 0.4) is 0 Å².